The van der Waals surface area contributed by atoms with Gasteiger partial charge in [0.2, 0.25) is 5.95 Å². The van der Waals surface area contributed by atoms with Crippen LogP contribution in [0.3, 0.4) is 0 Å². The molecule has 0 amide bonds. The van der Waals surface area contributed by atoms with Gasteiger partial charge in [0.15, 0.2) is 0 Å². The molecule has 0 aliphatic carbocycles. The van der Waals surface area contributed by atoms with Crippen molar-refractivity contribution in [1.82, 2.24) is 14.8 Å². The summed E-state index contributed by atoms with van der Waals surface area (Å²) in [6, 6.07) is 27.0. The molecule has 1 atom stereocenters. The maximum absolute atomic E-state index is 5.29. The van der Waals surface area contributed by atoms with E-state index in [0.717, 1.165) is 28.5 Å². The fourth-order valence-electron chi connectivity index (χ4n) is 3.61. The van der Waals surface area contributed by atoms with Gasteiger partial charge in [0.25, 0.3) is 0 Å². The Morgan fingerprint density at radius 1 is 0.828 bits per heavy atom. The molecular weight excluding hydrogens is 360 g/mol. The monoisotopic (exact) mass is 380 g/mol. The van der Waals surface area contributed by atoms with E-state index < -0.39 is 0 Å². The van der Waals surface area contributed by atoms with E-state index in [9.17, 15) is 0 Å². The molecule has 0 spiro atoms. The van der Waals surface area contributed by atoms with Crippen LogP contribution < -0.4 is 10.1 Å². The maximum atomic E-state index is 5.29. The van der Waals surface area contributed by atoms with E-state index in [4.69, 9.17) is 4.74 Å². The Balaban J connectivity index is 1.50. The molecule has 2 heterocycles. The van der Waals surface area contributed by atoms with Crippen molar-refractivity contribution in [2.24, 2.45) is 0 Å². The average molecular weight is 380 g/mol. The molecule has 4 aromatic rings. The highest BCUT2D eigenvalue weighted by Crippen LogP contribution is 2.33. The summed E-state index contributed by atoms with van der Waals surface area (Å²) < 4.78 is 7.18. The van der Waals surface area contributed by atoms with E-state index in [2.05, 4.69) is 82.1 Å². The van der Waals surface area contributed by atoms with Crippen molar-refractivity contribution in [3.8, 4) is 16.9 Å². The lowest BCUT2D eigenvalue weighted by Crippen LogP contribution is -2.20. The summed E-state index contributed by atoms with van der Waals surface area (Å²) in [5, 5.41) is 7.81. The highest BCUT2D eigenvalue weighted by molar-refractivity contribution is 5.78. The Bertz CT molecular complexity index is 1150. The predicted molar refractivity (Wildman–Crippen MR) is 115 cm³/mol. The highest BCUT2D eigenvalue weighted by Gasteiger charge is 2.23. The smallest absolute Gasteiger partial charge is 0.226 e. The third-order valence-electron chi connectivity index (χ3n) is 5.17. The van der Waals surface area contributed by atoms with Crippen LogP contribution in [0.25, 0.3) is 16.8 Å². The second-order valence-electron chi connectivity index (χ2n) is 6.89. The highest BCUT2D eigenvalue weighted by atomic mass is 16.5. The van der Waals surface area contributed by atoms with Gasteiger partial charge in [-0.15, -0.1) is 0 Å². The summed E-state index contributed by atoms with van der Waals surface area (Å²) in [5.41, 5.74) is 5.65. The van der Waals surface area contributed by atoms with Crippen LogP contribution >= 0.6 is 0 Å². The van der Waals surface area contributed by atoms with E-state index in [1.165, 1.54) is 11.1 Å². The molecule has 1 aromatic heterocycles. The number of rotatable bonds is 4. The van der Waals surface area contributed by atoms with Crippen LogP contribution in [0.4, 0.5) is 5.95 Å². The maximum Gasteiger partial charge on any atom is 0.226 e. The van der Waals surface area contributed by atoms with Gasteiger partial charge in [-0.1, -0.05) is 66.7 Å². The summed E-state index contributed by atoms with van der Waals surface area (Å²) in [4.78, 5) is 4.38. The molecule has 0 saturated heterocycles. The van der Waals surface area contributed by atoms with E-state index in [1.807, 2.05) is 22.9 Å². The van der Waals surface area contributed by atoms with Gasteiger partial charge in [-0.2, -0.15) is 10.1 Å². The first-order valence-corrected chi connectivity index (χ1v) is 9.50. The second kappa shape index (κ2) is 7.28. The molecular formula is C24H20N4O. The molecule has 5 rings (SSSR count). The summed E-state index contributed by atoms with van der Waals surface area (Å²) in [6.07, 6.45) is 3.76. The quantitative estimate of drug-likeness (QED) is 0.541. The van der Waals surface area contributed by atoms with Crippen LogP contribution in [-0.2, 0) is 0 Å². The van der Waals surface area contributed by atoms with Gasteiger partial charge in [-0.25, -0.2) is 4.68 Å². The number of nitrogens with zero attached hydrogens (tertiary/aromatic N) is 3. The molecule has 1 aliphatic rings. The van der Waals surface area contributed by atoms with E-state index >= 15 is 0 Å². The first-order valence-electron chi connectivity index (χ1n) is 9.50. The molecule has 0 radical (unpaired) electrons. The third kappa shape index (κ3) is 3.27. The molecule has 0 bridgehead atoms. The number of benzene rings is 3. The van der Waals surface area contributed by atoms with Crippen molar-refractivity contribution in [2.45, 2.75) is 6.04 Å². The molecule has 142 valence electrons. The van der Waals surface area contributed by atoms with Gasteiger partial charge in [0, 0.05) is 5.70 Å². The predicted octanol–water partition coefficient (Wildman–Crippen LogP) is 5.01. The lowest BCUT2D eigenvalue weighted by atomic mass is 9.99. The van der Waals surface area contributed by atoms with Crippen LogP contribution in [-0.4, -0.2) is 21.9 Å². The van der Waals surface area contributed by atoms with Crippen LogP contribution in [0.1, 0.15) is 17.2 Å². The zero-order valence-corrected chi connectivity index (χ0v) is 16.0. The number of allylic oxidation sites excluding steroid dienone is 1. The number of fused-ring (bicyclic) bond motifs is 1. The van der Waals surface area contributed by atoms with Gasteiger partial charge in [-0.05, 0) is 40.5 Å². The Hall–Kier alpha value is -3.86. The number of aromatic nitrogens is 3. The van der Waals surface area contributed by atoms with E-state index in [0.29, 0.717) is 0 Å². The van der Waals surface area contributed by atoms with Crippen LogP contribution in [0, 0.1) is 0 Å². The number of anilines is 1. The SMILES string of the molecule is COc1ccc([C@H]2C=C(c3ccc(-c4ccccc4)cc3)Nc3ncnn32)cc1. The van der Waals surface area contributed by atoms with Gasteiger partial charge in [-0.3, -0.25) is 0 Å². The second-order valence-corrected chi connectivity index (χ2v) is 6.89. The minimum Gasteiger partial charge on any atom is -0.497 e. The van der Waals surface area contributed by atoms with Crippen LogP contribution in [0.5, 0.6) is 5.75 Å². The molecule has 1 N–H and O–H groups in total. The zero-order chi connectivity index (χ0) is 19.6. The average Bonchev–Trinajstić information content (AvgIpc) is 3.28. The minimum atomic E-state index is -0.0385. The van der Waals surface area contributed by atoms with Gasteiger partial charge >= 0.3 is 0 Å². The van der Waals surface area contributed by atoms with E-state index in [-0.39, 0.29) is 6.04 Å². The van der Waals surface area contributed by atoms with Gasteiger partial charge in [0.05, 0.1) is 7.11 Å². The zero-order valence-electron chi connectivity index (χ0n) is 16.0. The van der Waals surface area contributed by atoms with Crippen LogP contribution in [0.2, 0.25) is 0 Å². The van der Waals surface area contributed by atoms with Crippen molar-refractivity contribution >= 4 is 11.6 Å². The number of methoxy groups -OCH3 is 1. The van der Waals surface area contributed by atoms with Gasteiger partial charge in [0.1, 0.15) is 18.1 Å². The molecule has 0 saturated carbocycles. The molecule has 0 fully saturated rings. The molecule has 5 nitrogen and oxygen atoms in total. The molecule has 3 aromatic carbocycles. The Morgan fingerprint density at radius 2 is 1.52 bits per heavy atom. The van der Waals surface area contributed by atoms with Crippen molar-refractivity contribution in [2.75, 3.05) is 12.4 Å². The minimum absolute atomic E-state index is 0.0385. The normalized spacial score (nSPS) is 15.2. The lowest BCUT2D eigenvalue weighted by Gasteiger charge is -2.24. The summed E-state index contributed by atoms with van der Waals surface area (Å²) in [6.45, 7) is 0. The summed E-state index contributed by atoms with van der Waals surface area (Å²) >= 11 is 0. The van der Waals surface area contributed by atoms with E-state index in [1.54, 1.807) is 13.4 Å². The van der Waals surface area contributed by atoms with Gasteiger partial charge < -0.3 is 10.1 Å². The largest absolute Gasteiger partial charge is 0.497 e. The van der Waals surface area contributed by atoms with Crippen molar-refractivity contribution in [1.29, 1.82) is 0 Å². The first kappa shape index (κ1) is 17.3. The number of ether oxygens (including phenoxy) is 1. The number of hydrogen-bond donors (Lipinski definition) is 1. The van der Waals surface area contributed by atoms with Crippen LogP contribution in [0.15, 0.2) is 91.3 Å². The lowest BCUT2D eigenvalue weighted by molar-refractivity contribution is 0.414. The number of nitrogens with one attached hydrogen (secondary N) is 1. The Morgan fingerprint density at radius 3 is 2.24 bits per heavy atom. The molecule has 29 heavy (non-hydrogen) atoms. The Kier molecular flexibility index (Phi) is 4.33. The fourth-order valence-corrected chi connectivity index (χ4v) is 3.61. The van der Waals surface area contributed by atoms with Crippen molar-refractivity contribution in [3.05, 3.63) is 102 Å². The van der Waals surface area contributed by atoms with Crippen molar-refractivity contribution in [3.63, 3.8) is 0 Å². The molecule has 0 unspecified atom stereocenters. The summed E-state index contributed by atoms with van der Waals surface area (Å²) in [5.74, 6) is 1.57. The molecule has 1 aliphatic heterocycles. The van der Waals surface area contributed by atoms with Crippen molar-refractivity contribution < 1.29 is 4.74 Å². The number of hydrogen-bond acceptors (Lipinski definition) is 4. The summed E-state index contributed by atoms with van der Waals surface area (Å²) in [7, 11) is 1.67. The standard InChI is InChI=1S/C24H20N4O/c1-29-21-13-11-20(12-14-21)23-15-22(27-24-25-16-26-28(23)24)19-9-7-18(8-10-19)17-5-3-2-4-6-17/h2-16,23H,1H3,(H,25,26,27)/t23-/m1/s1. The molecule has 5 heteroatoms. The third-order valence-corrected chi connectivity index (χ3v) is 5.17. The topological polar surface area (TPSA) is 52.0 Å². The Labute approximate surface area is 169 Å². The fraction of sp³-hybridized carbons (Fsp3) is 0.0833. The first-order chi connectivity index (χ1) is 14.3.